The highest BCUT2D eigenvalue weighted by atomic mass is 32.2. The van der Waals surface area contributed by atoms with Crippen LogP contribution >= 0.6 is 11.8 Å². The molecule has 0 unspecified atom stereocenters. The lowest BCUT2D eigenvalue weighted by Gasteiger charge is -2.13. The lowest BCUT2D eigenvalue weighted by molar-refractivity contribution is -0.592. The Labute approximate surface area is 123 Å². The number of benzene rings is 1. The molecule has 20 heavy (non-hydrogen) atoms. The second-order valence-electron chi connectivity index (χ2n) is 4.58. The van der Waals surface area contributed by atoms with E-state index in [0.717, 1.165) is 21.1 Å². The van der Waals surface area contributed by atoms with E-state index in [1.165, 1.54) is 5.56 Å². The lowest BCUT2D eigenvalue weighted by Crippen LogP contribution is -2.33. The molecule has 0 radical (unpaired) electrons. The van der Waals surface area contributed by atoms with E-state index < -0.39 is 0 Å². The van der Waals surface area contributed by atoms with Crippen molar-refractivity contribution in [2.24, 2.45) is 0 Å². The van der Waals surface area contributed by atoms with Crippen LogP contribution in [0.2, 0.25) is 0 Å². The highest BCUT2D eigenvalue weighted by molar-refractivity contribution is 7.98. The van der Waals surface area contributed by atoms with Crippen LogP contribution in [-0.2, 0) is 5.75 Å². The molecule has 0 N–H and O–H groups in total. The number of anilines is 1. The number of hydrogen-bond donors (Lipinski definition) is 0. The molecule has 4 nitrogen and oxygen atoms in total. The molecule has 1 heterocycles. The smallest absolute Gasteiger partial charge is 0.280 e. The third kappa shape index (κ3) is 3.57. The van der Waals surface area contributed by atoms with Crippen molar-refractivity contribution in [1.29, 1.82) is 0 Å². The Kier molecular flexibility index (Phi) is 4.74. The summed E-state index contributed by atoms with van der Waals surface area (Å²) in [6.45, 7) is 0. The number of aromatic nitrogens is 1. The van der Waals surface area contributed by atoms with Crippen LogP contribution < -0.4 is 14.4 Å². The molecule has 1 aromatic carbocycles. The molecule has 0 saturated heterocycles. The first-order valence-electron chi connectivity index (χ1n) is 6.26. The number of pyridine rings is 1. The van der Waals surface area contributed by atoms with Crippen LogP contribution in [0.5, 0.6) is 5.75 Å². The van der Waals surface area contributed by atoms with Crippen LogP contribution in [0.1, 0.15) is 5.56 Å². The number of methoxy groups -OCH3 is 1. The van der Waals surface area contributed by atoms with Gasteiger partial charge in [0.15, 0.2) is 0 Å². The van der Waals surface area contributed by atoms with Gasteiger partial charge in [-0.3, -0.25) is 4.90 Å². The van der Waals surface area contributed by atoms with E-state index in [2.05, 4.69) is 12.1 Å². The Morgan fingerprint density at radius 2 is 1.90 bits per heavy atom. The van der Waals surface area contributed by atoms with Gasteiger partial charge in [0.1, 0.15) is 5.75 Å². The van der Waals surface area contributed by atoms with E-state index in [0.29, 0.717) is 5.82 Å². The summed E-state index contributed by atoms with van der Waals surface area (Å²) in [5, 5.41) is 11.6. The van der Waals surface area contributed by atoms with Crippen molar-refractivity contribution in [3.8, 4) is 5.75 Å². The van der Waals surface area contributed by atoms with Crippen LogP contribution in [-0.4, -0.2) is 21.2 Å². The summed E-state index contributed by atoms with van der Waals surface area (Å²) in [5.74, 6) is 2.37. The molecule has 106 valence electrons. The minimum atomic E-state index is 0.643. The summed E-state index contributed by atoms with van der Waals surface area (Å²) in [7, 11) is 5.39. The summed E-state index contributed by atoms with van der Waals surface area (Å²) >= 11 is 1.71. The van der Waals surface area contributed by atoms with Crippen molar-refractivity contribution in [3.63, 3.8) is 0 Å². The molecule has 0 saturated carbocycles. The van der Waals surface area contributed by atoms with Crippen LogP contribution in [0.4, 0.5) is 5.82 Å². The number of rotatable bonds is 5. The second-order valence-corrected chi connectivity index (χ2v) is 5.63. The minimum Gasteiger partial charge on any atom is -0.711 e. The van der Waals surface area contributed by atoms with Crippen molar-refractivity contribution < 1.29 is 9.47 Å². The molecule has 0 aliphatic rings. The fourth-order valence-electron chi connectivity index (χ4n) is 1.76. The molecule has 0 amide bonds. The van der Waals surface area contributed by atoms with E-state index in [4.69, 9.17) is 4.74 Å². The molecule has 0 aliphatic heterocycles. The Bertz CT molecular complexity index is 571. The topological polar surface area (TPSA) is 39.4 Å². The first-order valence-corrected chi connectivity index (χ1v) is 7.25. The van der Waals surface area contributed by atoms with E-state index in [-0.39, 0.29) is 0 Å². The third-order valence-electron chi connectivity index (χ3n) is 2.89. The predicted octanol–water partition coefficient (Wildman–Crippen LogP) is 2.69. The van der Waals surface area contributed by atoms with Crippen molar-refractivity contribution in [2.75, 3.05) is 26.1 Å². The largest absolute Gasteiger partial charge is 0.711 e. The maximum absolute atomic E-state index is 11.6. The highest BCUT2D eigenvalue weighted by Gasteiger charge is 2.08. The molecule has 0 aliphatic carbocycles. The zero-order valence-corrected chi connectivity index (χ0v) is 12.7. The molecule has 2 rings (SSSR count). The van der Waals surface area contributed by atoms with Gasteiger partial charge in [0, 0.05) is 16.7 Å². The monoisotopic (exact) mass is 290 g/mol. The predicted molar refractivity (Wildman–Crippen MR) is 82.3 cm³/mol. The molecular formula is C15H18N2O2S. The number of thioether (sulfide) groups is 1. The Morgan fingerprint density at radius 1 is 1.20 bits per heavy atom. The van der Waals surface area contributed by atoms with Crippen molar-refractivity contribution in [1.82, 2.24) is 0 Å². The molecule has 0 atom stereocenters. The maximum atomic E-state index is 11.6. The number of hydrogen-bond acceptors (Lipinski definition) is 4. The highest BCUT2D eigenvalue weighted by Crippen LogP contribution is 2.25. The average molecular weight is 290 g/mol. The summed E-state index contributed by atoms with van der Waals surface area (Å²) in [6.07, 6.45) is 1.55. The van der Waals surface area contributed by atoms with E-state index in [1.54, 1.807) is 25.1 Å². The molecule has 0 bridgehead atoms. The van der Waals surface area contributed by atoms with Crippen LogP contribution in [0, 0.1) is 5.21 Å². The molecule has 0 fully saturated rings. The van der Waals surface area contributed by atoms with Crippen LogP contribution in [0.15, 0.2) is 47.5 Å². The van der Waals surface area contributed by atoms with Gasteiger partial charge in [-0.25, -0.2) is 4.73 Å². The molecule has 2 aromatic rings. The maximum Gasteiger partial charge on any atom is 0.280 e. The molecule has 5 heteroatoms. The van der Waals surface area contributed by atoms with Gasteiger partial charge >= 0.3 is 0 Å². The normalized spacial score (nSPS) is 10.3. The van der Waals surface area contributed by atoms with Crippen molar-refractivity contribution >= 4 is 17.6 Å². The zero-order chi connectivity index (χ0) is 14.5. The third-order valence-corrected chi connectivity index (χ3v) is 3.96. The first kappa shape index (κ1) is 14.5. The quantitative estimate of drug-likeness (QED) is 0.482. The van der Waals surface area contributed by atoms with Gasteiger partial charge in [0.2, 0.25) is 0 Å². The number of ether oxygens (including phenoxy) is 1. The standard InChI is InChI=1S/C15H18N2O2S/c1-16(2)15-10-14(8-9-17(15)18)20-11-12-4-6-13(19-3)7-5-12/h4-10H,11H2,1-3H3. The van der Waals surface area contributed by atoms with Gasteiger partial charge in [-0.2, -0.15) is 0 Å². The van der Waals surface area contributed by atoms with Crippen LogP contribution in [0.3, 0.4) is 0 Å². The van der Waals surface area contributed by atoms with E-state index in [9.17, 15) is 5.21 Å². The number of nitrogens with zero attached hydrogens (tertiary/aromatic N) is 2. The van der Waals surface area contributed by atoms with Gasteiger partial charge in [-0.15, -0.1) is 11.8 Å². The van der Waals surface area contributed by atoms with Crippen LogP contribution in [0.25, 0.3) is 0 Å². The summed E-state index contributed by atoms with van der Waals surface area (Å²) < 4.78 is 6.01. The molecule has 0 spiro atoms. The molecular weight excluding hydrogens is 272 g/mol. The van der Waals surface area contributed by atoms with Gasteiger partial charge in [-0.1, -0.05) is 12.1 Å². The van der Waals surface area contributed by atoms with Crippen molar-refractivity contribution in [3.05, 3.63) is 53.4 Å². The summed E-state index contributed by atoms with van der Waals surface area (Å²) in [4.78, 5) is 2.89. The lowest BCUT2D eigenvalue weighted by atomic mass is 10.2. The zero-order valence-electron chi connectivity index (χ0n) is 11.9. The van der Waals surface area contributed by atoms with Crippen molar-refractivity contribution in [2.45, 2.75) is 10.6 Å². The average Bonchev–Trinajstić information content (AvgIpc) is 2.46. The first-order chi connectivity index (χ1) is 9.60. The second kappa shape index (κ2) is 6.52. The van der Waals surface area contributed by atoms with Gasteiger partial charge < -0.3 is 9.94 Å². The summed E-state index contributed by atoms with van der Waals surface area (Å²) in [5.41, 5.74) is 1.22. The van der Waals surface area contributed by atoms with E-state index >= 15 is 0 Å². The van der Waals surface area contributed by atoms with Gasteiger partial charge in [-0.05, 0) is 23.8 Å². The minimum absolute atomic E-state index is 0.643. The Balaban J connectivity index is 2.04. The van der Waals surface area contributed by atoms with Gasteiger partial charge in [0.25, 0.3) is 5.82 Å². The fraction of sp³-hybridized carbons (Fsp3) is 0.267. The molecule has 1 aromatic heterocycles. The SMILES string of the molecule is COc1ccc(CSc2cc[n+]([O-])c(N(C)C)c2)cc1. The van der Waals surface area contributed by atoms with Gasteiger partial charge in [0.05, 0.1) is 27.4 Å². The summed E-state index contributed by atoms with van der Waals surface area (Å²) in [6, 6.07) is 11.8. The Morgan fingerprint density at radius 3 is 2.50 bits per heavy atom. The fourth-order valence-corrected chi connectivity index (χ4v) is 2.63. The Hall–Kier alpha value is -1.88. The van der Waals surface area contributed by atoms with E-state index in [1.807, 2.05) is 43.3 Å².